The molecule has 0 aromatic rings. The van der Waals surface area contributed by atoms with Gasteiger partial charge in [0.15, 0.2) is 0 Å². The van der Waals surface area contributed by atoms with E-state index < -0.39 is 0 Å². The first-order chi connectivity index (χ1) is 8.47. The summed E-state index contributed by atoms with van der Waals surface area (Å²) in [7, 11) is 1.66. The molecule has 0 radical (unpaired) electrons. The Balaban J connectivity index is 2.60. The van der Waals surface area contributed by atoms with Crippen LogP contribution in [0.3, 0.4) is 0 Å². The first kappa shape index (κ1) is 15.0. The fourth-order valence-electron chi connectivity index (χ4n) is 2.38. The van der Waals surface area contributed by atoms with Crippen molar-refractivity contribution in [3.63, 3.8) is 0 Å². The summed E-state index contributed by atoms with van der Waals surface area (Å²) in [5.41, 5.74) is 1.19. The van der Waals surface area contributed by atoms with Gasteiger partial charge in [-0.05, 0) is 40.5 Å². The van der Waals surface area contributed by atoms with Gasteiger partial charge in [-0.2, -0.15) is 0 Å². The molecule has 0 aromatic heterocycles. The third-order valence-corrected chi connectivity index (χ3v) is 3.50. The maximum Gasteiger partial charge on any atom is 0.410 e. The first-order valence-corrected chi connectivity index (χ1v) is 6.55. The Labute approximate surface area is 110 Å². The third kappa shape index (κ3) is 3.25. The van der Waals surface area contributed by atoms with E-state index in [9.17, 15) is 4.79 Å². The molecule has 0 N–H and O–H groups in total. The highest BCUT2D eigenvalue weighted by Crippen LogP contribution is 2.45. The van der Waals surface area contributed by atoms with E-state index in [4.69, 9.17) is 9.47 Å². The van der Waals surface area contributed by atoms with Gasteiger partial charge in [-0.1, -0.05) is 11.6 Å². The van der Waals surface area contributed by atoms with Crippen LogP contribution < -0.4 is 0 Å². The molecule has 1 aliphatic heterocycles. The third-order valence-electron chi connectivity index (χ3n) is 3.50. The van der Waals surface area contributed by atoms with E-state index in [-0.39, 0.29) is 17.7 Å². The number of rotatable bonds is 6. The lowest BCUT2D eigenvalue weighted by Gasteiger charge is -2.10. The smallest absolute Gasteiger partial charge is 0.410 e. The Hall–Kier alpha value is -1.03. The van der Waals surface area contributed by atoms with Crippen LogP contribution in [0.5, 0.6) is 0 Å². The molecule has 1 saturated heterocycles. The van der Waals surface area contributed by atoms with Crippen molar-refractivity contribution in [2.24, 2.45) is 0 Å². The highest BCUT2D eigenvalue weighted by atomic mass is 16.6. The fraction of sp³-hybridized carbons (Fsp3) is 0.786. The number of allylic oxidation sites excluding steroid dienone is 2. The Morgan fingerprint density at radius 1 is 1.44 bits per heavy atom. The van der Waals surface area contributed by atoms with Crippen LogP contribution in [0.4, 0.5) is 4.79 Å². The molecule has 1 amide bonds. The molecule has 18 heavy (non-hydrogen) atoms. The number of nitrogens with zero attached hydrogens (tertiary/aromatic N) is 1. The van der Waals surface area contributed by atoms with Crippen LogP contribution in [-0.4, -0.2) is 42.9 Å². The number of carbonyl (C=O) groups excluding carboxylic acids is 1. The molecule has 0 aliphatic carbocycles. The van der Waals surface area contributed by atoms with E-state index in [1.165, 1.54) is 5.57 Å². The van der Waals surface area contributed by atoms with Gasteiger partial charge in [-0.25, -0.2) is 4.79 Å². The fourth-order valence-corrected chi connectivity index (χ4v) is 2.38. The van der Waals surface area contributed by atoms with E-state index in [2.05, 4.69) is 26.8 Å². The van der Waals surface area contributed by atoms with E-state index in [0.717, 1.165) is 12.8 Å². The van der Waals surface area contributed by atoms with Gasteiger partial charge in [-0.15, -0.1) is 0 Å². The molecule has 104 valence electrons. The van der Waals surface area contributed by atoms with Gasteiger partial charge >= 0.3 is 6.09 Å². The summed E-state index contributed by atoms with van der Waals surface area (Å²) in [6.07, 6.45) is 3.91. The van der Waals surface area contributed by atoms with Crippen molar-refractivity contribution in [3.8, 4) is 0 Å². The Kier molecular flexibility index (Phi) is 5.20. The molecule has 0 spiro atoms. The molecule has 2 atom stereocenters. The number of ether oxygens (including phenoxy) is 2. The zero-order valence-electron chi connectivity index (χ0n) is 12.2. The Morgan fingerprint density at radius 2 is 2.11 bits per heavy atom. The van der Waals surface area contributed by atoms with E-state index in [0.29, 0.717) is 13.2 Å². The Morgan fingerprint density at radius 3 is 2.61 bits per heavy atom. The SMILES string of the molecule is CCOC(=O)N1C(COC)C1(C)CCC=C(C)C. The highest BCUT2D eigenvalue weighted by Gasteiger charge is 2.61. The van der Waals surface area contributed by atoms with E-state index in [1.54, 1.807) is 12.0 Å². The summed E-state index contributed by atoms with van der Waals surface area (Å²) in [5, 5.41) is 0. The summed E-state index contributed by atoms with van der Waals surface area (Å²) in [4.78, 5) is 13.6. The summed E-state index contributed by atoms with van der Waals surface area (Å²) in [6.45, 7) is 9.10. The van der Waals surface area contributed by atoms with Crippen LogP contribution in [0.15, 0.2) is 11.6 Å². The number of carbonyl (C=O) groups is 1. The van der Waals surface area contributed by atoms with Crippen LogP contribution >= 0.6 is 0 Å². The number of hydrogen-bond donors (Lipinski definition) is 0. The number of methoxy groups -OCH3 is 1. The lowest BCUT2D eigenvalue weighted by atomic mass is 10.0. The average molecular weight is 255 g/mol. The lowest BCUT2D eigenvalue weighted by molar-refractivity contribution is 0.123. The van der Waals surface area contributed by atoms with Crippen molar-refractivity contribution < 1.29 is 14.3 Å². The molecule has 4 heteroatoms. The lowest BCUT2D eigenvalue weighted by Crippen LogP contribution is -2.21. The predicted octanol–water partition coefficient (Wildman–Crippen LogP) is 2.98. The molecule has 0 saturated carbocycles. The number of hydrogen-bond acceptors (Lipinski definition) is 3. The van der Waals surface area contributed by atoms with Crippen molar-refractivity contribution >= 4 is 6.09 Å². The molecule has 4 nitrogen and oxygen atoms in total. The van der Waals surface area contributed by atoms with Crippen LogP contribution in [0, 0.1) is 0 Å². The molecular formula is C14H25NO3. The van der Waals surface area contributed by atoms with Crippen LogP contribution in [-0.2, 0) is 9.47 Å². The minimum absolute atomic E-state index is 0.117. The van der Waals surface area contributed by atoms with Crippen molar-refractivity contribution in [1.82, 2.24) is 4.90 Å². The normalized spacial score (nSPS) is 25.8. The molecule has 1 rings (SSSR count). The van der Waals surface area contributed by atoms with Crippen LogP contribution in [0.2, 0.25) is 0 Å². The standard InChI is InChI=1S/C14H25NO3/c1-6-18-13(16)15-12(10-17-5)14(15,4)9-7-8-11(2)3/h8,12H,6-7,9-10H2,1-5H3. The largest absolute Gasteiger partial charge is 0.450 e. The van der Waals surface area contributed by atoms with Gasteiger partial charge < -0.3 is 9.47 Å². The summed E-state index contributed by atoms with van der Waals surface area (Å²) in [5.74, 6) is 0. The maximum absolute atomic E-state index is 11.8. The van der Waals surface area contributed by atoms with Gasteiger partial charge in [0.2, 0.25) is 0 Å². The molecule has 0 bridgehead atoms. The zero-order chi connectivity index (χ0) is 13.8. The van der Waals surface area contributed by atoms with Gasteiger partial charge in [0.05, 0.1) is 24.8 Å². The maximum atomic E-state index is 11.8. The summed E-state index contributed by atoms with van der Waals surface area (Å²) < 4.78 is 10.3. The molecule has 1 aliphatic rings. The van der Waals surface area contributed by atoms with Crippen LogP contribution in [0.25, 0.3) is 0 Å². The quantitative estimate of drug-likeness (QED) is 0.541. The first-order valence-electron chi connectivity index (χ1n) is 6.55. The molecule has 1 fully saturated rings. The molecule has 0 aromatic carbocycles. The summed E-state index contributed by atoms with van der Waals surface area (Å²) >= 11 is 0. The van der Waals surface area contributed by atoms with Gasteiger partial charge in [-0.3, -0.25) is 4.90 Å². The van der Waals surface area contributed by atoms with E-state index in [1.807, 2.05) is 6.92 Å². The molecule has 2 unspecified atom stereocenters. The van der Waals surface area contributed by atoms with Gasteiger partial charge in [0.25, 0.3) is 0 Å². The zero-order valence-corrected chi connectivity index (χ0v) is 12.2. The second kappa shape index (κ2) is 6.23. The highest BCUT2D eigenvalue weighted by molar-refractivity contribution is 5.73. The summed E-state index contributed by atoms with van der Waals surface area (Å²) in [6, 6.07) is 0.145. The molecule has 1 heterocycles. The Bertz CT molecular complexity index is 323. The second-order valence-corrected chi connectivity index (χ2v) is 5.22. The van der Waals surface area contributed by atoms with Crippen molar-refractivity contribution in [2.75, 3.05) is 20.3 Å². The van der Waals surface area contributed by atoms with Crippen molar-refractivity contribution in [1.29, 1.82) is 0 Å². The van der Waals surface area contributed by atoms with Gasteiger partial charge in [0, 0.05) is 7.11 Å². The minimum atomic E-state index is -0.223. The van der Waals surface area contributed by atoms with Gasteiger partial charge in [0.1, 0.15) is 0 Å². The minimum Gasteiger partial charge on any atom is -0.450 e. The number of amides is 1. The van der Waals surface area contributed by atoms with Crippen molar-refractivity contribution in [2.45, 2.75) is 52.1 Å². The van der Waals surface area contributed by atoms with Crippen LogP contribution in [0.1, 0.15) is 40.5 Å². The monoisotopic (exact) mass is 255 g/mol. The van der Waals surface area contributed by atoms with E-state index >= 15 is 0 Å². The average Bonchev–Trinajstić information content (AvgIpc) is 2.84. The molecular weight excluding hydrogens is 230 g/mol. The van der Waals surface area contributed by atoms with Crippen molar-refractivity contribution in [3.05, 3.63) is 11.6 Å². The topological polar surface area (TPSA) is 38.5 Å². The predicted molar refractivity (Wildman–Crippen MR) is 71.6 cm³/mol. The second-order valence-electron chi connectivity index (χ2n) is 5.22.